The minimum Gasteiger partial charge on any atom is -0.508 e. The molecule has 0 spiro atoms. The van der Waals surface area contributed by atoms with E-state index in [-0.39, 0.29) is 5.75 Å². The molecule has 1 aromatic carbocycles. The highest BCUT2D eigenvalue weighted by Gasteiger charge is 2.32. The van der Waals surface area contributed by atoms with Crippen LogP contribution in [-0.2, 0) is 0 Å². The van der Waals surface area contributed by atoms with E-state index in [2.05, 4.69) is 23.6 Å². The molecule has 0 radical (unpaired) electrons. The first kappa shape index (κ1) is 13.7. The molecule has 1 aromatic rings. The van der Waals surface area contributed by atoms with E-state index in [1.165, 1.54) is 12.0 Å². The highest BCUT2D eigenvalue weighted by Crippen LogP contribution is 2.38. The molecule has 1 saturated heterocycles. The van der Waals surface area contributed by atoms with Crippen LogP contribution in [0.4, 0.5) is 0 Å². The van der Waals surface area contributed by atoms with Crippen molar-refractivity contribution in [2.45, 2.75) is 32.4 Å². The second-order valence-electron chi connectivity index (χ2n) is 5.88. The molecular formula is C16H24N2O2. The molecule has 2 unspecified atom stereocenters. The Bertz CT molecular complexity index is 470. The number of fused-ring (bicyclic) bond motifs is 1. The zero-order chi connectivity index (χ0) is 14.1. The molecule has 0 saturated carbocycles. The van der Waals surface area contributed by atoms with Crippen molar-refractivity contribution in [3.8, 4) is 11.5 Å². The lowest BCUT2D eigenvalue weighted by Gasteiger charge is -2.40. The van der Waals surface area contributed by atoms with Gasteiger partial charge in [0.05, 0.1) is 6.04 Å². The Balaban J connectivity index is 1.66. The molecule has 2 aliphatic heterocycles. The van der Waals surface area contributed by atoms with Gasteiger partial charge in [0.1, 0.15) is 18.1 Å². The lowest BCUT2D eigenvalue weighted by atomic mass is 10.1. The van der Waals surface area contributed by atoms with Crippen molar-refractivity contribution in [1.82, 2.24) is 9.80 Å². The molecule has 2 heterocycles. The lowest BCUT2D eigenvalue weighted by Crippen LogP contribution is -2.50. The first-order chi connectivity index (χ1) is 9.69. The van der Waals surface area contributed by atoms with Gasteiger partial charge in [0.25, 0.3) is 0 Å². The van der Waals surface area contributed by atoms with Gasteiger partial charge in [-0.3, -0.25) is 9.80 Å². The second-order valence-corrected chi connectivity index (χ2v) is 5.88. The van der Waals surface area contributed by atoms with Crippen molar-refractivity contribution in [3.63, 3.8) is 0 Å². The van der Waals surface area contributed by atoms with Gasteiger partial charge >= 0.3 is 0 Å². The van der Waals surface area contributed by atoms with Crippen molar-refractivity contribution in [1.29, 1.82) is 0 Å². The Morgan fingerprint density at radius 1 is 1.30 bits per heavy atom. The fourth-order valence-electron chi connectivity index (χ4n) is 3.23. The molecular weight excluding hydrogens is 252 g/mol. The number of hydrogen-bond donors (Lipinski definition) is 1. The van der Waals surface area contributed by atoms with Gasteiger partial charge < -0.3 is 9.84 Å². The molecule has 0 aromatic heterocycles. The summed E-state index contributed by atoms with van der Waals surface area (Å²) in [5, 5.41) is 9.52. The van der Waals surface area contributed by atoms with Gasteiger partial charge in [0.2, 0.25) is 0 Å². The summed E-state index contributed by atoms with van der Waals surface area (Å²) in [4.78, 5) is 5.09. The summed E-state index contributed by atoms with van der Waals surface area (Å²) in [5.74, 6) is 1.13. The molecule has 2 atom stereocenters. The third-order valence-corrected chi connectivity index (χ3v) is 4.76. The van der Waals surface area contributed by atoms with E-state index in [4.69, 9.17) is 4.74 Å². The molecule has 1 fully saturated rings. The van der Waals surface area contributed by atoms with Gasteiger partial charge in [-0.1, -0.05) is 6.92 Å². The summed E-state index contributed by atoms with van der Waals surface area (Å²) in [5.41, 5.74) is 1.22. The predicted octanol–water partition coefficient (Wildman–Crippen LogP) is 2.24. The normalized spacial score (nSPS) is 25.2. The highest BCUT2D eigenvalue weighted by atomic mass is 16.5. The van der Waals surface area contributed by atoms with E-state index in [0.29, 0.717) is 18.7 Å². The zero-order valence-electron chi connectivity index (χ0n) is 12.4. The molecule has 1 N–H and O–H groups in total. The van der Waals surface area contributed by atoms with Crippen LogP contribution < -0.4 is 4.74 Å². The van der Waals surface area contributed by atoms with Crippen LogP contribution in [0.3, 0.4) is 0 Å². The van der Waals surface area contributed by atoms with Crippen molar-refractivity contribution in [2.75, 3.05) is 32.8 Å². The SMILES string of the molecule is CCC(C)N1CCN(C2COc3cc(O)ccc32)CC1. The Kier molecular flexibility index (Phi) is 3.85. The van der Waals surface area contributed by atoms with Crippen LogP contribution in [-0.4, -0.2) is 53.7 Å². The van der Waals surface area contributed by atoms with Crippen LogP contribution in [0.5, 0.6) is 11.5 Å². The standard InChI is InChI=1S/C16H24N2O2/c1-3-12(2)17-6-8-18(9-7-17)15-11-20-16-10-13(19)4-5-14(15)16/h4-5,10,12,15,19H,3,6-9,11H2,1-2H3. The third kappa shape index (κ3) is 2.50. The van der Waals surface area contributed by atoms with E-state index in [1.54, 1.807) is 12.1 Å². The maximum atomic E-state index is 9.52. The van der Waals surface area contributed by atoms with Crippen LogP contribution in [0, 0.1) is 0 Å². The summed E-state index contributed by atoms with van der Waals surface area (Å²) in [7, 11) is 0. The van der Waals surface area contributed by atoms with Crippen LogP contribution >= 0.6 is 0 Å². The number of phenolic OH excluding ortho intramolecular Hbond substituents is 1. The summed E-state index contributed by atoms with van der Waals surface area (Å²) in [6.45, 7) is 9.74. The number of phenols is 1. The average Bonchev–Trinajstić information content (AvgIpc) is 2.89. The first-order valence-corrected chi connectivity index (χ1v) is 7.63. The summed E-state index contributed by atoms with van der Waals surface area (Å²) in [6.07, 6.45) is 1.22. The van der Waals surface area contributed by atoms with Crippen LogP contribution in [0.2, 0.25) is 0 Å². The predicted molar refractivity (Wildman–Crippen MR) is 79.2 cm³/mol. The van der Waals surface area contributed by atoms with Gasteiger partial charge in [-0.15, -0.1) is 0 Å². The molecule has 2 aliphatic rings. The fraction of sp³-hybridized carbons (Fsp3) is 0.625. The number of hydrogen-bond acceptors (Lipinski definition) is 4. The van der Waals surface area contributed by atoms with Gasteiger partial charge in [-0.2, -0.15) is 0 Å². The number of ether oxygens (including phenoxy) is 1. The van der Waals surface area contributed by atoms with Crippen LogP contribution in [0.25, 0.3) is 0 Å². The summed E-state index contributed by atoms with van der Waals surface area (Å²) < 4.78 is 5.73. The number of piperazine rings is 1. The summed E-state index contributed by atoms with van der Waals surface area (Å²) in [6, 6.07) is 6.52. The minimum absolute atomic E-state index is 0.283. The van der Waals surface area contributed by atoms with E-state index < -0.39 is 0 Å². The third-order valence-electron chi connectivity index (χ3n) is 4.76. The average molecular weight is 276 g/mol. The van der Waals surface area contributed by atoms with Gasteiger partial charge in [0.15, 0.2) is 0 Å². The van der Waals surface area contributed by atoms with E-state index >= 15 is 0 Å². The van der Waals surface area contributed by atoms with Crippen molar-refractivity contribution in [2.24, 2.45) is 0 Å². The molecule has 0 aliphatic carbocycles. The molecule has 110 valence electrons. The Labute approximate surface area is 120 Å². The number of aromatic hydroxyl groups is 1. The molecule has 20 heavy (non-hydrogen) atoms. The number of benzene rings is 1. The fourth-order valence-corrected chi connectivity index (χ4v) is 3.23. The van der Waals surface area contributed by atoms with Gasteiger partial charge in [-0.25, -0.2) is 0 Å². The molecule has 0 bridgehead atoms. The lowest BCUT2D eigenvalue weighted by molar-refractivity contribution is 0.0644. The van der Waals surface area contributed by atoms with Gasteiger partial charge in [0, 0.05) is 43.9 Å². The molecule has 4 heteroatoms. The van der Waals surface area contributed by atoms with Crippen molar-refractivity contribution < 1.29 is 9.84 Å². The summed E-state index contributed by atoms with van der Waals surface area (Å²) >= 11 is 0. The Morgan fingerprint density at radius 2 is 2.05 bits per heavy atom. The smallest absolute Gasteiger partial charge is 0.127 e. The zero-order valence-corrected chi connectivity index (χ0v) is 12.4. The van der Waals surface area contributed by atoms with Crippen molar-refractivity contribution in [3.05, 3.63) is 23.8 Å². The number of rotatable bonds is 3. The maximum Gasteiger partial charge on any atom is 0.127 e. The monoisotopic (exact) mass is 276 g/mol. The van der Waals surface area contributed by atoms with E-state index in [1.807, 2.05) is 6.07 Å². The highest BCUT2D eigenvalue weighted by molar-refractivity contribution is 5.44. The first-order valence-electron chi connectivity index (χ1n) is 7.63. The molecule has 3 rings (SSSR count). The second kappa shape index (κ2) is 5.62. The van der Waals surface area contributed by atoms with E-state index in [0.717, 1.165) is 31.9 Å². The molecule has 4 nitrogen and oxygen atoms in total. The molecule has 0 amide bonds. The van der Waals surface area contributed by atoms with Crippen molar-refractivity contribution >= 4 is 0 Å². The number of nitrogens with zero attached hydrogens (tertiary/aromatic N) is 2. The van der Waals surface area contributed by atoms with E-state index in [9.17, 15) is 5.11 Å². The Morgan fingerprint density at radius 3 is 2.75 bits per heavy atom. The largest absolute Gasteiger partial charge is 0.508 e. The van der Waals surface area contributed by atoms with Crippen LogP contribution in [0.1, 0.15) is 31.9 Å². The van der Waals surface area contributed by atoms with Gasteiger partial charge in [-0.05, 0) is 25.5 Å². The quantitative estimate of drug-likeness (QED) is 0.918. The Hall–Kier alpha value is -1.26. The maximum absolute atomic E-state index is 9.52. The topological polar surface area (TPSA) is 35.9 Å². The minimum atomic E-state index is 0.283. The van der Waals surface area contributed by atoms with Crippen LogP contribution in [0.15, 0.2) is 18.2 Å².